The van der Waals surface area contributed by atoms with Gasteiger partial charge in [-0.25, -0.2) is 4.68 Å². The Bertz CT molecular complexity index is 1130. The van der Waals surface area contributed by atoms with E-state index in [0.717, 1.165) is 21.3 Å². The first kappa shape index (κ1) is 19.1. The molecule has 0 unspecified atom stereocenters. The second kappa shape index (κ2) is 8.41. The summed E-state index contributed by atoms with van der Waals surface area (Å²) < 4.78 is 3.35. The number of amides is 1. The molecule has 4 aromatic rings. The van der Waals surface area contributed by atoms with Gasteiger partial charge >= 0.3 is 0 Å². The highest BCUT2D eigenvalue weighted by Gasteiger charge is 2.10. The van der Waals surface area contributed by atoms with Crippen molar-refractivity contribution in [3.63, 3.8) is 0 Å². The maximum atomic E-state index is 12.4. The van der Waals surface area contributed by atoms with Crippen molar-refractivity contribution in [3.8, 4) is 5.69 Å². The van der Waals surface area contributed by atoms with E-state index in [4.69, 9.17) is 11.6 Å². The minimum Gasteiger partial charge on any atom is -0.326 e. The number of rotatable bonds is 6. The SMILES string of the molecule is Cn1cnnc1Sc1ccc(NC(=O)Cc2ccc(-n3cnnn3)cc2)cc1Cl. The van der Waals surface area contributed by atoms with Crippen LogP contribution in [0.15, 0.2) is 65.2 Å². The molecule has 0 spiro atoms. The predicted octanol–water partition coefficient (Wildman–Crippen LogP) is 2.78. The molecule has 2 heterocycles. The number of nitrogens with zero attached hydrogens (tertiary/aromatic N) is 7. The van der Waals surface area contributed by atoms with Gasteiger partial charge in [-0.1, -0.05) is 23.7 Å². The number of anilines is 1. The smallest absolute Gasteiger partial charge is 0.228 e. The lowest BCUT2D eigenvalue weighted by Gasteiger charge is -2.09. The van der Waals surface area contributed by atoms with E-state index in [2.05, 4.69) is 31.0 Å². The Morgan fingerprint density at radius 3 is 2.62 bits per heavy atom. The molecule has 4 rings (SSSR count). The Hall–Kier alpha value is -3.24. The van der Waals surface area contributed by atoms with Crippen molar-refractivity contribution >= 4 is 35.0 Å². The van der Waals surface area contributed by atoms with E-state index in [1.54, 1.807) is 21.6 Å². The third-order valence-electron chi connectivity index (χ3n) is 4.00. The Labute approximate surface area is 175 Å². The molecule has 0 bridgehead atoms. The van der Waals surface area contributed by atoms with E-state index in [0.29, 0.717) is 10.7 Å². The average molecular weight is 427 g/mol. The van der Waals surface area contributed by atoms with Crippen LogP contribution in [-0.2, 0) is 18.3 Å². The van der Waals surface area contributed by atoms with Crippen LogP contribution < -0.4 is 5.32 Å². The zero-order valence-corrected chi connectivity index (χ0v) is 16.8. The van der Waals surface area contributed by atoms with Crippen molar-refractivity contribution in [3.05, 3.63) is 65.7 Å². The number of halogens is 1. The van der Waals surface area contributed by atoms with E-state index in [1.807, 2.05) is 43.4 Å². The van der Waals surface area contributed by atoms with Gasteiger partial charge in [0.2, 0.25) is 5.91 Å². The summed E-state index contributed by atoms with van der Waals surface area (Å²) in [6.45, 7) is 0. The normalized spacial score (nSPS) is 10.8. The van der Waals surface area contributed by atoms with E-state index < -0.39 is 0 Å². The summed E-state index contributed by atoms with van der Waals surface area (Å²) >= 11 is 7.77. The molecule has 0 aliphatic carbocycles. The van der Waals surface area contributed by atoms with Crippen LogP contribution in [0, 0.1) is 0 Å². The quantitative estimate of drug-likeness (QED) is 0.505. The van der Waals surface area contributed by atoms with E-state index in [9.17, 15) is 4.79 Å². The number of carbonyl (C=O) groups excluding carboxylic acids is 1. The van der Waals surface area contributed by atoms with Gasteiger partial charge < -0.3 is 9.88 Å². The highest BCUT2D eigenvalue weighted by atomic mass is 35.5. The molecule has 1 amide bonds. The number of benzene rings is 2. The van der Waals surface area contributed by atoms with Gasteiger partial charge in [-0.3, -0.25) is 4.79 Å². The maximum Gasteiger partial charge on any atom is 0.228 e. The summed E-state index contributed by atoms with van der Waals surface area (Å²) in [5, 5.41) is 23.0. The summed E-state index contributed by atoms with van der Waals surface area (Å²) in [6.07, 6.45) is 3.38. The standard InChI is InChI=1S/C18H15ClN8OS/c1-26-10-20-23-18(26)29-16-7-4-13(9-15(16)19)22-17(28)8-12-2-5-14(6-3-12)27-11-21-24-25-27/h2-7,9-11H,8H2,1H3,(H,22,28). The summed E-state index contributed by atoms with van der Waals surface area (Å²) in [7, 11) is 1.86. The van der Waals surface area contributed by atoms with Gasteiger partial charge in [0.15, 0.2) is 5.16 Å². The fraction of sp³-hybridized carbons (Fsp3) is 0.111. The van der Waals surface area contributed by atoms with Crippen LogP contribution in [0.25, 0.3) is 5.69 Å². The van der Waals surface area contributed by atoms with E-state index in [-0.39, 0.29) is 12.3 Å². The molecule has 1 N–H and O–H groups in total. The minimum absolute atomic E-state index is 0.134. The molecule has 2 aromatic carbocycles. The van der Waals surface area contributed by atoms with Crippen LogP contribution in [0.5, 0.6) is 0 Å². The molecule has 11 heteroatoms. The van der Waals surface area contributed by atoms with E-state index >= 15 is 0 Å². The average Bonchev–Trinajstić information content (AvgIpc) is 3.37. The molecule has 0 aliphatic rings. The monoisotopic (exact) mass is 426 g/mol. The minimum atomic E-state index is -0.134. The van der Waals surface area contributed by atoms with Crippen molar-refractivity contribution in [1.82, 2.24) is 35.0 Å². The zero-order chi connectivity index (χ0) is 20.2. The van der Waals surface area contributed by atoms with Gasteiger partial charge in [0.05, 0.1) is 17.1 Å². The van der Waals surface area contributed by atoms with Crippen LogP contribution in [0.1, 0.15) is 5.56 Å². The second-order valence-corrected chi connectivity index (χ2v) is 7.53. The van der Waals surface area contributed by atoms with Crippen LogP contribution in [0.4, 0.5) is 5.69 Å². The Morgan fingerprint density at radius 2 is 1.97 bits per heavy atom. The fourth-order valence-electron chi connectivity index (χ4n) is 2.56. The first-order valence-electron chi connectivity index (χ1n) is 8.52. The lowest BCUT2D eigenvalue weighted by Crippen LogP contribution is -2.14. The van der Waals surface area contributed by atoms with Crippen LogP contribution in [0.2, 0.25) is 5.02 Å². The van der Waals surface area contributed by atoms with Gasteiger partial charge in [-0.2, -0.15) is 0 Å². The summed E-state index contributed by atoms with van der Waals surface area (Å²) in [4.78, 5) is 13.2. The lowest BCUT2D eigenvalue weighted by molar-refractivity contribution is -0.115. The third-order valence-corrected chi connectivity index (χ3v) is 5.55. The summed E-state index contributed by atoms with van der Waals surface area (Å²) in [6, 6.07) is 12.8. The van der Waals surface area contributed by atoms with Gasteiger partial charge in [-0.15, -0.1) is 15.3 Å². The molecule has 146 valence electrons. The number of aromatic nitrogens is 7. The molecule has 0 radical (unpaired) electrons. The first-order chi connectivity index (χ1) is 14.1. The topological polar surface area (TPSA) is 103 Å². The molecular formula is C18H15ClN8OS. The van der Waals surface area contributed by atoms with E-state index in [1.165, 1.54) is 18.1 Å². The summed E-state index contributed by atoms with van der Waals surface area (Å²) in [5.41, 5.74) is 2.33. The van der Waals surface area contributed by atoms with Gasteiger partial charge in [0.25, 0.3) is 0 Å². The van der Waals surface area contributed by atoms with Crippen molar-refractivity contribution in [2.75, 3.05) is 5.32 Å². The number of tetrazole rings is 1. The molecular weight excluding hydrogens is 412 g/mol. The summed E-state index contributed by atoms with van der Waals surface area (Å²) in [5.74, 6) is -0.134. The van der Waals surface area contributed by atoms with Gasteiger partial charge in [0, 0.05) is 17.6 Å². The molecule has 9 nitrogen and oxygen atoms in total. The maximum absolute atomic E-state index is 12.4. The molecule has 0 saturated carbocycles. The number of hydrogen-bond acceptors (Lipinski definition) is 7. The van der Waals surface area contributed by atoms with Crippen LogP contribution in [-0.4, -0.2) is 40.9 Å². The Morgan fingerprint density at radius 1 is 1.14 bits per heavy atom. The highest BCUT2D eigenvalue weighted by Crippen LogP contribution is 2.33. The highest BCUT2D eigenvalue weighted by molar-refractivity contribution is 7.99. The Kier molecular flexibility index (Phi) is 5.54. The fourth-order valence-corrected chi connectivity index (χ4v) is 3.63. The van der Waals surface area contributed by atoms with Crippen molar-refractivity contribution in [2.45, 2.75) is 16.5 Å². The molecule has 0 saturated heterocycles. The molecule has 29 heavy (non-hydrogen) atoms. The third kappa shape index (κ3) is 4.61. The number of nitrogens with one attached hydrogen (secondary N) is 1. The Balaban J connectivity index is 1.38. The second-order valence-electron chi connectivity index (χ2n) is 6.12. The molecule has 0 aliphatic heterocycles. The zero-order valence-electron chi connectivity index (χ0n) is 15.2. The van der Waals surface area contributed by atoms with Crippen LogP contribution in [0.3, 0.4) is 0 Å². The molecule has 0 fully saturated rings. The number of carbonyl (C=O) groups is 1. The number of aryl methyl sites for hydroxylation is 1. The predicted molar refractivity (Wildman–Crippen MR) is 108 cm³/mol. The first-order valence-corrected chi connectivity index (χ1v) is 9.71. The van der Waals surface area contributed by atoms with Crippen molar-refractivity contribution in [1.29, 1.82) is 0 Å². The molecule has 0 atom stereocenters. The van der Waals surface area contributed by atoms with Gasteiger partial charge in [0.1, 0.15) is 12.7 Å². The van der Waals surface area contributed by atoms with Crippen molar-refractivity contribution in [2.24, 2.45) is 7.05 Å². The van der Waals surface area contributed by atoms with Crippen molar-refractivity contribution < 1.29 is 4.79 Å². The van der Waals surface area contributed by atoms with Crippen LogP contribution >= 0.6 is 23.4 Å². The number of hydrogen-bond donors (Lipinski definition) is 1. The van der Waals surface area contributed by atoms with Gasteiger partial charge in [-0.05, 0) is 58.1 Å². The largest absolute Gasteiger partial charge is 0.326 e. The lowest BCUT2D eigenvalue weighted by atomic mass is 10.1. The molecule has 2 aromatic heterocycles.